The third-order valence-corrected chi connectivity index (χ3v) is 7.52. The zero-order valence-corrected chi connectivity index (χ0v) is 21.9. The van der Waals surface area contributed by atoms with Crippen molar-refractivity contribution in [3.05, 3.63) is 113 Å². The number of benzene rings is 3. The van der Waals surface area contributed by atoms with Gasteiger partial charge in [-0.25, -0.2) is 4.79 Å². The number of esters is 1. The fourth-order valence-electron chi connectivity index (χ4n) is 5.61. The van der Waals surface area contributed by atoms with E-state index in [1.807, 2.05) is 67.6 Å². The predicted molar refractivity (Wildman–Crippen MR) is 149 cm³/mol. The van der Waals surface area contributed by atoms with Gasteiger partial charge in [0.05, 0.1) is 11.5 Å². The van der Waals surface area contributed by atoms with Crippen LogP contribution in [0.25, 0.3) is 0 Å². The molecule has 5 rings (SSSR count). The number of aliphatic imine (C=N–C) groups is 1. The number of para-hydroxylation sites is 1. The van der Waals surface area contributed by atoms with Gasteiger partial charge < -0.3 is 9.47 Å². The average Bonchev–Trinajstić information content (AvgIpc) is 2.95. The second-order valence-corrected chi connectivity index (χ2v) is 9.93. The summed E-state index contributed by atoms with van der Waals surface area (Å²) in [5.41, 5.74) is 5.25. The molecule has 0 spiro atoms. The number of aryl methyl sites for hydroxylation is 1. The Kier molecular flexibility index (Phi) is 7.83. The number of carbonyl (C=O) groups excluding carboxylic acids is 2. The van der Waals surface area contributed by atoms with Crippen molar-refractivity contribution in [2.75, 3.05) is 13.2 Å². The lowest BCUT2D eigenvalue weighted by Crippen LogP contribution is -2.41. The van der Waals surface area contributed by atoms with E-state index >= 15 is 0 Å². The lowest BCUT2D eigenvalue weighted by Gasteiger charge is -2.38. The van der Waals surface area contributed by atoms with Crippen LogP contribution in [0.3, 0.4) is 0 Å². The second kappa shape index (κ2) is 11.6. The molecule has 1 heterocycles. The Balaban J connectivity index is 1.42. The molecule has 0 N–H and O–H groups in total. The molecule has 1 saturated carbocycles. The van der Waals surface area contributed by atoms with Crippen molar-refractivity contribution in [2.45, 2.75) is 44.9 Å². The van der Waals surface area contributed by atoms with Crippen LogP contribution in [0.1, 0.15) is 55.2 Å². The number of carbonyl (C=O) groups is 2. The lowest BCUT2D eigenvalue weighted by atomic mass is 9.66. The summed E-state index contributed by atoms with van der Waals surface area (Å²) in [4.78, 5) is 32.1. The molecule has 0 radical (unpaired) electrons. The van der Waals surface area contributed by atoms with Crippen molar-refractivity contribution in [1.82, 2.24) is 0 Å². The smallest absolute Gasteiger partial charge is 0.336 e. The van der Waals surface area contributed by atoms with E-state index in [2.05, 4.69) is 31.2 Å². The number of ether oxygens (including phenoxy) is 2. The van der Waals surface area contributed by atoms with Gasteiger partial charge in [-0.1, -0.05) is 79.7 Å². The van der Waals surface area contributed by atoms with Crippen LogP contribution in [0.2, 0.25) is 0 Å². The van der Waals surface area contributed by atoms with Gasteiger partial charge in [0.25, 0.3) is 0 Å². The maximum atomic E-state index is 13.7. The topological polar surface area (TPSA) is 65.0 Å². The number of fused-ring (bicyclic) bond motifs is 1. The Morgan fingerprint density at radius 3 is 2.21 bits per heavy atom. The van der Waals surface area contributed by atoms with Gasteiger partial charge in [-0.2, -0.15) is 0 Å². The van der Waals surface area contributed by atoms with Crippen molar-refractivity contribution >= 4 is 17.5 Å². The highest BCUT2D eigenvalue weighted by Crippen LogP contribution is 2.46. The number of ketones is 1. The first-order valence-electron chi connectivity index (χ1n) is 13.3. The molecule has 5 heteroatoms. The number of rotatable bonds is 8. The highest BCUT2D eigenvalue weighted by molar-refractivity contribution is 6.12. The van der Waals surface area contributed by atoms with Gasteiger partial charge in [-0.15, -0.1) is 0 Å². The molecule has 1 aliphatic carbocycles. The van der Waals surface area contributed by atoms with Crippen LogP contribution >= 0.6 is 0 Å². The Labute approximate surface area is 224 Å². The van der Waals surface area contributed by atoms with Crippen LogP contribution in [0.4, 0.5) is 0 Å². The van der Waals surface area contributed by atoms with E-state index in [0.29, 0.717) is 24.1 Å². The first kappa shape index (κ1) is 25.7. The molecule has 1 fully saturated rings. The second-order valence-electron chi connectivity index (χ2n) is 9.93. The summed E-state index contributed by atoms with van der Waals surface area (Å²) in [5, 5.41) is 0. The summed E-state index contributed by atoms with van der Waals surface area (Å²) in [5.74, 6) is -0.378. The quantitative estimate of drug-likeness (QED) is 0.260. The minimum atomic E-state index is -0.464. The fourth-order valence-corrected chi connectivity index (χ4v) is 5.61. The van der Waals surface area contributed by atoms with Crippen molar-refractivity contribution in [1.29, 1.82) is 0 Å². The molecule has 5 nitrogen and oxygen atoms in total. The van der Waals surface area contributed by atoms with E-state index in [0.717, 1.165) is 29.0 Å². The first-order chi connectivity index (χ1) is 18.5. The maximum absolute atomic E-state index is 13.7. The van der Waals surface area contributed by atoms with Crippen molar-refractivity contribution < 1.29 is 19.1 Å². The molecule has 2 aliphatic rings. The van der Waals surface area contributed by atoms with Crippen LogP contribution in [0, 0.1) is 5.92 Å². The molecule has 0 bridgehead atoms. The highest BCUT2D eigenvalue weighted by atomic mass is 16.6. The first-order valence-corrected chi connectivity index (χ1v) is 13.3. The minimum Gasteiger partial charge on any atom is -0.490 e. The van der Waals surface area contributed by atoms with Crippen molar-refractivity contribution in [2.24, 2.45) is 10.9 Å². The standard InChI is InChI=1S/C33H33NO4/c1-3-23-14-16-25(17-15-23)31-30(33(36)38-19-18-37-27-12-8-5-9-13-27)22(2)34-28-20-26(21-29(35)32(28)31)24-10-6-4-7-11-24/h4-17,26,31-32H,3,18-21H2,1-2H3/t26-,31-,32?/m0/s1. The van der Waals surface area contributed by atoms with Crippen molar-refractivity contribution in [3.63, 3.8) is 0 Å². The Morgan fingerprint density at radius 2 is 1.53 bits per heavy atom. The number of nitrogens with zero attached hydrogens (tertiary/aromatic N) is 1. The molecule has 0 saturated heterocycles. The van der Waals surface area contributed by atoms with Gasteiger partial charge >= 0.3 is 5.97 Å². The third-order valence-electron chi connectivity index (χ3n) is 7.52. The summed E-state index contributed by atoms with van der Waals surface area (Å²) in [6.45, 7) is 4.31. The van der Waals surface area contributed by atoms with Crippen LogP contribution in [0.5, 0.6) is 5.75 Å². The molecule has 38 heavy (non-hydrogen) atoms. The van der Waals surface area contributed by atoms with Crippen molar-refractivity contribution in [3.8, 4) is 5.75 Å². The average molecular weight is 508 g/mol. The van der Waals surface area contributed by atoms with Gasteiger partial charge in [0.1, 0.15) is 24.7 Å². The highest BCUT2D eigenvalue weighted by Gasteiger charge is 2.46. The fraction of sp³-hybridized carbons (Fsp3) is 0.303. The third kappa shape index (κ3) is 5.47. The van der Waals surface area contributed by atoms with Gasteiger partial charge in [-0.05, 0) is 54.5 Å². The molecule has 0 aromatic heterocycles. The molecule has 1 unspecified atom stereocenters. The molecular weight excluding hydrogens is 474 g/mol. The summed E-state index contributed by atoms with van der Waals surface area (Å²) >= 11 is 0. The van der Waals surface area contributed by atoms with E-state index < -0.39 is 17.8 Å². The van der Waals surface area contributed by atoms with E-state index in [-0.39, 0.29) is 24.9 Å². The van der Waals surface area contributed by atoms with Crippen LogP contribution in [-0.2, 0) is 20.7 Å². The van der Waals surface area contributed by atoms with Gasteiger partial charge in [-0.3, -0.25) is 9.79 Å². The predicted octanol–water partition coefficient (Wildman–Crippen LogP) is 6.45. The van der Waals surface area contributed by atoms with E-state index in [9.17, 15) is 9.59 Å². The molecular formula is C33H33NO4. The SMILES string of the molecule is CCc1ccc([C@H]2C(C(=O)OCCOc3ccccc3)=C(C)N=C3C[C@H](c4ccccc4)CC(=O)C32)cc1. The summed E-state index contributed by atoms with van der Waals surface area (Å²) in [6, 6.07) is 27.8. The van der Waals surface area contributed by atoms with Gasteiger partial charge in [0, 0.05) is 23.7 Å². The van der Waals surface area contributed by atoms with E-state index in [1.165, 1.54) is 5.56 Å². The summed E-state index contributed by atoms with van der Waals surface area (Å²) < 4.78 is 11.4. The van der Waals surface area contributed by atoms with Gasteiger partial charge in [0.15, 0.2) is 0 Å². The monoisotopic (exact) mass is 507 g/mol. The Hall–Kier alpha value is -3.99. The summed E-state index contributed by atoms with van der Waals surface area (Å²) in [7, 11) is 0. The van der Waals surface area contributed by atoms with Crippen LogP contribution in [-0.4, -0.2) is 30.7 Å². The van der Waals surface area contributed by atoms with Crippen LogP contribution in [0.15, 0.2) is 101 Å². The minimum absolute atomic E-state index is 0.0956. The molecule has 194 valence electrons. The van der Waals surface area contributed by atoms with Gasteiger partial charge in [0.2, 0.25) is 0 Å². The number of allylic oxidation sites excluding steroid dienone is 1. The summed E-state index contributed by atoms with van der Waals surface area (Å²) in [6.07, 6.45) is 2.06. The maximum Gasteiger partial charge on any atom is 0.336 e. The molecule has 0 amide bonds. The number of hydrogen-bond acceptors (Lipinski definition) is 5. The van der Waals surface area contributed by atoms with E-state index in [4.69, 9.17) is 14.5 Å². The molecule has 3 aromatic carbocycles. The normalized spacial score (nSPS) is 20.9. The number of hydrogen-bond donors (Lipinski definition) is 0. The zero-order valence-electron chi connectivity index (χ0n) is 21.9. The molecule has 3 aromatic rings. The number of Topliss-reactive ketones (excluding diaryl/α,β-unsaturated/α-hetero) is 1. The van der Waals surface area contributed by atoms with Crippen LogP contribution < -0.4 is 4.74 Å². The zero-order chi connectivity index (χ0) is 26.5. The lowest BCUT2D eigenvalue weighted by molar-refractivity contribution is -0.140. The Bertz CT molecular complexity index is 1340. The van der Waals surface area contributed by atoms with E-state index in [1.54, 1.807) is 0 Å². The largest absolute Gasteiger partial charge is 0.490 e. The Morgan fingerprint density at radius 1 is 0.842 bits per heavy atom. The molecule has 3 atom stereocenters. The molecule has 1 aliphatic heterocycles.